The summed E-state index contributed by atoms with van der Waals surface area (Å²) in [6.07, 6.45) is 4.63. The van der Waals surface area contributed by atoms with Crippen LogP contribution >= 0.6 is 20.7 Å². The molecule has 0 bridgehead atoms. The SMILES string of the molecule is C1=CC([S+](c2ccccc2)c2ccccc2)=CC=I1. The van der Waals surface area contributed by atoms with Gasteiger partial charge in [-0.1, -0.05) is 57.1 Å². The van der Waals surface area contributed by atoms with Crippen LogP contribution < -0.4 is 0 Å². The highest BCUT2D eigenvalue weighted by molar-refractivity contribution is 14.2. The Morgan fingerprint density at radius 1 is 0.737 bits per heavy atom. The molecule has 0 unspecified atom stereocenters. The first-order valence-electron chi connectivity index (χ1n) is 6.11. The van der Waals surface area contributed by atoms with Crippen molar-refractivity contribution in [1.29, 1.82) is 0 Å². The second kappa shape index (κ2) is 6.35. The molecule has 2 aromatic rings. The minimum Gasteiger partial charge on any atom is -0.0934 e. The first-order chi connectivity index (χ1) is 9.45. The van der Waals surface area contributed by atoms with E-state index in [0.29, 0.717) is 0 Å². The molecule has 0 N–H and O–H groups in total. The Labute approximate surface area is 127 Å². The van der Waals surface area contributed by atoms with Gasteiger partial charge in [0.25, 0.3) is 0 Å². The van der Waals surface area contributed by atoms with Crippen LogP contribution in [0.3, 0.4) is 0 Å². The lowest BCUT2D eigenvalue weighted by atomic mass is 10.4. The molecule has 2 heteroatoms. The molecule has 0 nitrogen and oxygen atoms in total. The standard InChI is InChI=1S/C17H14IS/c1-3-7-15(8-4-1)19(16-9-5-2-6-10-16)17-11-13-18-14-12-17/h1-14H/q+1. The maximum atomic E-state index is 2.35. The van der Waals surface area contributed by atoms with Crippen LogP contribution in [0.15, 0.2) is 91.6 Å². The minimum atomic E-state index is 0.0230. The number of allylic oxidation sites excluding steroid dienone is 2. The third-order valence-electron chi connectivity index (χ3n) is 2.79. The Hall–Kier alpha value is -1.13. The zero-order chi connectivity index (χ0) is 12.9. The van der Waals surface area contributed by atoms with Crippen LogP contribution in [-0.4, -0.2) is 4.01 Å². The lowest BCUT2D eigenvalue weighted by Gasteiger charge is -2.08. The highest BCUT2D eigenvalue weighted by Crippen LogP contribution is 2.32. The summed E-state index contributed by atoms with van der Waals surface area (Å²) in [5.41, 5.74) is 0. The maximum absolute atomic E-state index is 2.35. The van der Waals surface area contributed by atoms with Gasteiger partial charge in [0.05, 0.1) is 10.9 Å². The van der Waals surface area contributed by atoms with E-state index >= 15 is 0 Å². The quantitative estimate of drug-likeness (QED) is 0.527. The molecule has 0 atom stereocenters. The topological polar surface area (TPSA) is 0 Å². The van der Waals surface area contributed by atoms with Crippen molar-refractivity contribution in [1.82, 2.24) is 0 Å². The third-order valence-corrected chi connectivity index (χ3v) is 6.57. The fourth-order valence-corrected chi connectivity index (χ4v) is 5.95. The molecule has 1 heterocycles. The Balaban J connectivity index is 2.09. The van der Waals surface area contributed by atoms with Gasteiger partial charge in [-0.3, -0.25) is 0 Å². The molecule has 1 aliphatic heterocycles. The number of rotatable bonds is 3. The molecule has 0 saturated carbocycles. The Kier molecular flexibility index (Phi) is 4.30. The van der Waals surface area contributed by atoms with Crippen molar-refractivity contribution in [2.45, 2.75) is 9.79 Å². The van der Waals surface area contributed by atoms with E-state index in [0.717, 1.165) is 0 Å². The van der Waals surface area contributed by atoms with Crippen molar-refractivity contribution < 1.29 is 0 Å². The van der Waals surface area contributed by atoms with Gasteiger partial charge in [0.2, 0.25) is 0 Å². The zero-order valence-electron chi connectivity index (χ0n) is 10.4. The summed E-state index contributed by atoms with van der Waals surface area (Å²) in [4.78, 5) is 4.19. The third kappa shape index (κ3) is 3.07. The van der Waals surface area contributed by atoms with Crippen LogP contribution in [0.25, 0.3) is 0 Å². The summed E-state index contributed by atoms with van der Waals surface area (Å²) >= 11 is 0.144. The normalized spacial score (nSPS) is 14.1. The molecule has 3 rings (SSSR count). The molecular formula is C17H14IS+. The van der Waals surface area contributed by atoms with Gasteiger partial charge in [-0.15, -0.1) is 0 Å². The molecule has 0 aliphatic carbocycles. The number of halogens is 1. The summed E-state index contributed by atoms with van der Waals surface area (Å²) in [7, 11) is 0.0230. The van der Waals surface area contributed by atoms with Crippen LogP contribution in [0, 0.1) is 0 Å². The second-order valence-corrected chi connectivity index (χ2v) is 8.23. The van der Waals surface area contributed by atoms with E-state index in [-0.39, 0.29) is 31.6 Å². The molecule has 94 valence electrons. The van der Waals surface area contributed by atoms with E-state index in [1.54, 1.807) is 0 Å². The smallest absolute Gasteiger partial charge is 0.0934 e. The molecule has 0 aromatic heterocycles. The zero-order valence-corrected chi connectivity index (χ0v) is 13.3. The summed E-state index contributed by atoms with van der Waals surface area (Å²) in [6.45, 7) is 0. The van der Waals surface area contributed by atoms with Gasteiger partial charge in [0.15, 0.2) is 14.7 Å². The van der Waals surface area contributed by atoms with Gasteiger partial charge < -0.3 is 0 Å². The summed E-state index contributed by atoms with van der Waals surface area (Å²) in [5.74, 6) is 0. The average molecular weight is 377 g/mol. The molecule has 1 aliphatic rings. The van der Waals surface area contributed by atoms with Crippen molar-refractivity contribution in [3.05, 3.63) is 81.8 Å². The summed E-state index contributed by atoms with van der Waals surface area (Å²) < 4.78 is 4.69. The molecule has 0 saturated heterocycles. The molecular weight excluding hydrogens is 363 g/mol. The van der Waals surface area contributed by atoms with Crippen LogP contribution in [0.1, 0.15) is 0 Å². The van der Waals surface area contributed by atoms with Crippen molar-refractivity contribution in [3.8, 4) is 0 Å². The lowest BCUT2D eigenvalue weighted by Crippen LogP contribution is -2.06. The molecule has 0 spiro atoms. The Morgan fingerprint density at radius 3 is 1.79 bits per heavy atom. The maximum Gasteiger partial charge on any atom is 0.167 e. The Morgan fingerprint density at radius 2 is 1.32 bits per heavy atom. The van der Waals surface area contributed by atoms with Gasteiger partial charge in [0.1, 0.15) is 0 Å². The molecule has 2 aromatic carbocycles. The van der Waals surface area contributed by atoms with E-state index < -0.39 is 0 Å². The number of benzene rings is 2. The lowest BCUT2D eigenvalue weighted by molar-refractivity contribution is 1.38. The molecule has 0 amide bonds. The van der Waals surface area contributed by atoms with Gasteiger partial charge in [-0.05, 0) is 44.5 Å². The highest BCUT2D eigenvalue weighted by atomic mass is 127. The van der Waals surface area contributed by atoms with E-state index in [9.17, 15) is 0 Å². The first-order valence-corrected chi connectivity index (χ1v) is 9.83. The predicted molar refractivity (Wildman–Crippen MR) is 94.1 cm³/mol. The van der Waals surface area contributed by atoms with Crippen LogP contribution in [0.4, 0.5) is 0 Å². The molecule has 0 radical (unpaired) electrons. The van der Waals surface area contributed by atoms with E-state index in [1.165, 1.54) is 14.7 Å². The fraction of sp³-hybridized carbons (Fsp3) is 0. The number of hydrogen-bond acceptors (Lipinski definition) is 0. The predicted octanol–water partition coefficient (Wildman–Crippen LogP) is 4.91. The van der Waals surface area contributed by atoms with Crippen molar-refractivity contribution in [3.63, 3.8) is 0 Å². The van der Waals surface area contributed by atoms with Crippen molar-refractivity contribution in [2.75, 3.05) is 0 Å². The van der Waals surface area contributed by atoms with Crippen molar-refractivity contribution >= 4 is 35.6 Å². The first kappa shape index (κ1) is 12.9. The van der Waals surface area contributed by atoms with Crippen molar-refractivity contribution in [2.24, 2.45) is 0 Å². The van der Waals surface area contributed by atoms with Gasteiger partial charge in [-0.2, -0.15) is 0 Å². The highest BCUT2D eigenvalue weighted by Gasteiger charge is 2.29. The van der Waals surface area contributed by atoms with E-state index in [2.05, 4.69) is 80.9 Å². The van der Waals surface area contributed by atoms with Gasteiger partial charge in [0, 0.05) is 0 Å². The average Bonchev–Trinajstić information content (AvgIpc) is 2.51. The van der Waals surface area contributed by atoms with Crippen LogP contribution in [0.2, 0.25) is 0 Å². The largest absolute Gasteiger partial charge is 0.167 e. The fourth-order valence-electron chi connectivity index (χ4n) is 1.95. The second-order valence-electron chi connectivity index (χ2n) is 4.05. The summed E-state index contributed by atoms with van der Waals surface area (Å²) in [5, 5.41) is 0. The van der Waals surface area contributed by atoms with Gasteiger partial charge >= 0.3 is 0 Å². The number of hydrogen-bond donors (Lipinski definition) is 0. The van der Waals surface area contributed by atoms with E-state index in [4.69, 9.17) is 0 Å². The van der Waals surface area contributed by atoms with Crippen LogP contribution in [-0.2, 0) is 10.9 Å². The van der Waals surface area contributed by atoms with E-state index in [1.807, 2.05) is 0 Å². The molecule has 19 heavy (non-hydrogen) atoms. The van der Waals surface area contributed by atoms with Crippen LogP contribution in [0.5, 0.6) is 0 Å². The Bertz CT molecular complexity index is 587. The monoisotopic (exact) mass is 377 g/mol. The van der Waals surface area contributed by atoms with Gasteiger partial charge in [-0.25, -0.2) is 0 Å². The summed E-state index contributed by atoms with van der Waals surface area (Å²) in [6, 6.07) is 21.6. The molecule has 0 fully saturated rings. The minimum absolute atomic E-state index is 0.0230.